The van der Waals surface area contributed by atoms with E-state index in [1.54, 1.807) is 10.4 Å². The predicted molar refractivity (Wildman–Crippen MR) is 124 cm³/mol. The largest absolute Gasteiger partial charge is 0.373 e. The van der Waals surface area contributed by atoms with Crippen molar-refractivity contribution in [1.29, 1.82) is 0 Å². The molecule has 3 aliphatic rings. The minimum atomic E-state index is -3.50. The summed E-state index contributed by atoms with van der Waals surface area (Å²) < 4.78 is 33.6. The molecule has 8 heteroatoms. The number of carbonyl (C=O) groups is 1. The van der Waals surface area contributed by atoms with Crippen molar-refractivity contribution < 1.29 is 17.9 Å². The Bertz CT molecular complexity index is 902. The minimum absolute atomic E-state index is 0.0465. The van der Waals surface area contributed by atoms with Crippen molar-refractivity contribution in [3.05, 3.63) is 29.3 Å². The highest BCUT2D eigenvalue weighted by atomic mass is 32.2. The van der Waals surface area contributed by atoms with E-state index in [2.05, 4.69) is 24.1 Å². The van der Waals surface area contributed by atoms with E-state index in [1.165, 1.54) is 17.5 Å². The molecular weight excluding hydrogens is 426 g/mol. The van der Waals surface area contributed by atoms with Gasteiger partial charge in [0.05, 0.1) is 17.1 Å². The van der Waals surface area contributed by atoms with Crippen LogP contribution < -0.4 is 5.32 Å². The summed E-state index contributed by atoms with van der Waals surface area (Å²) in [4.78, 5) is 15.4. The molecule has 0 bridgehead atoms. The first-order valence-electron chi connectivity index (χ1n) is 12.1. The van der Waals surface area contributed by atoms with Gasteiger partial charge in [0.2, 0.25) is 15.9 Å². The van der Waals surface area contributed by atoms with Gasteiger partial charge in [0.15, 0.2) is 0 Å². The van der Waals surface area contributed by atoms with Crippen LogP contribution >= 0.6 is 0 Å². The summed E-state index contributed by atoms with van der Waals surface area (Å²) in [5, 5.41) is 3.06. The summed E-state index contributed by atoms with van der Waals surface area (Å²) in [5.74, 6) is -0.0716. The van der Waals surface area contributed by atoms with Gasteiger partial charge in [-0.2, -0.15) is 4.31 Å². The Kier molecular flexibility index (Phi) is 7.54. The molecule has 32 heavy (non-hydrogen) atoms. The number of hydrogen-bond donors (Lipinski definition) is 1. The molecule has 1 aromatic rings. The Morgan fingerprint density at radius 2 is 1.72 bits per heavy atom. The number of amides is 1. The molecular formula is C24H37N3O4S. The van der Waals surface area contributed by atoms with Gasteiger partial charge in [-0.05, 0) is 75.6 Å². The van der Waals surface area contributed by atoms with E-state index in [-0.39, 0.29) is 24.0 Å². The lowest BCUT2D eigenvalue weighted by Gasteiger charge is -2.35. The maximum Gasteiger partial charge on any atom is 0.243 e. The fourth-order valence-corrected chi connectivity index (χ4v) is 6.85. The molecule has 4 rings (SSSR count). The van der Waals surface area contributed by atoms with Gasteiger partial charge in [-0.3, -0.25) is 9.69 Å². The normalized spacial score (nSPS) is 25.9. The van der Waals surface area contributed by atoms with Crippen LogP contribution in [0.25, 0.3) is 0 Å². The third kappa shape index (κ3) is 5.53. The average molecular weight is 464 g/mol. The lowest BCUT2D eigenvalue weighted by atomic mass is 9.92. The van der Waals surface area contributed by atoms with Crippen molar-refractivity contribution in [1.82, 2.24) is 14.5 Å². The molecule has 7 nitrogen and oxygen atoms in total. The summed E-state index contributed by atoms with van der Waals surface area (Å²) in [5.41, 5.74) is 2.46. The van der Waals surface area contributed by atoms with Crippen molar-refractivity contribution in [2.75, 3.05) is 39.3 Å². The number of benzene rings is 1. The number of ether oxygens (including phenoxy) is 1. The fraction of sp³-hybridized carbons (Fsp3) is 0.708. The molecule has 0 aromatic heterocycles. The summed E-state index contributed by atoms with van der Waals surface area (Å²) >= 11 is 0. The highest BCUT2D eigenvalue weighted by molar-refractivity contribution is 7.89. The van der Waals surface area contributed by atoms with Gasteiger partial charge in [-0.1, -0.05) is 6.07 Å². The molecule has 1 amide bonds. The minimum Gasteiger partial charge on any atom is -0.373 e. The van der Waals surface area contributed by atoms with Crippen molar-refractivity contribution in [3.63, 3.8) is 0 Å². The molecule has 1 aromatic carbocycles. The van der Waals surface area contributed by atoms with Crippen LogP contribution in [-0.2, 0) is 32.4 Å². The van der Waals surface area contributed by atoms with E-state index in [0.717, 1.165) is 38.9 Å². The van der Waals surface area contributed by atoms with E-state index in [1.807, 2.05) is 12.1 Å². The number of piperidine rings is 1. The van der Waals surface area contributed by atoms with Gasteiger partial charge in [0.1, 0.15) is 0 Å². The van der Waals surface area contributed by atoms with E-state index < -0.39 is 10.0 Å². The topological polar surface area (TPSA) is 79.0 Å². The van der Waals surface area contributed by atoms with Crippen molar-refractivity contribution in [2.24, 2.45) is 5.92 Å². The maximum absolute atomic E-state index is 13.2. The molecule has 2 saturated heterocycles. The zero-order chi connectivity index (χ0) is 22.7. The maximum atomic E-state index is 13.2. The van der Waals surface area contributed by atoms with Gasteiger partial charge in [0.25, 0.3) is 0 Å². The van der Waals surface area contributed by atoms with Crippen LogP contribution in [0, 0.1) is 5.92 Å². The number of carbonyl (C=O) groups excluding carboxylic acids is 1. The van der Waals surface area contributed by atoms with Crippen LogP contribution in [0.4, 0.5) is 0 Å². The standard InChI is InChI=1S/C24H37N3O4S/c1-18-16-26(17-19(2)31-18)14-11-25-24(28)21-9-12-27(13-10-21)32(29,30)23-8-7-20-5-3-4-6-22(20)15-23/h7-8,15,18-19,21H,3-6,9-14,16-17H2,1-2H3,(H,25,28). The molecule has 0 saturated carbocycles. The summed E-state index contributed by atoms with van der Waals surface area (Å²) in [6.45, 7) is 8.16. The highest BCUT2D eigenvalue weighted by Crippen LogP contribution is 2.28. The summed E-state index contributed by atoms with van der Waals surface area (Å²) in [7, 11) is -3.50. The van der Waals surface area contributed by atoms with E-state index in [4.69, 9.17) is 4.74 Å². The van der Waals surface area contributed by atoms with Gasteiger partial charge >= 0.3 is 0 Å². The van der Waals surface area contributed by atoms with Gasteiger partial charge < -0.3 is 10.1 Å². The van der Waals surface area contributed by atoms with Crippen LogP contribution in [0.2, 0.25) is 0 Å². The first kappa shape index (κ1) is 23.7. The molecule has 0 radical (unpaired) electrons. The van der Waals surface area contributed by atoms with E-state index >= 15 is 0 Å². The third-order valence-corrected chi connectivity index (χ3v) is 8.90. The van der Waals surface area contributed by atoms with Crippen LogP contribution in [0.5, 0.6) is 0 Å². The lowest BCUT2D eigenvalue weighted by Crippen LogP contribution is -2.48. The second-order valence-corrected chi connectivity index (χ2v) is 11.6. The molecule has 2 atom stereocenters. The Balaban J connectivity index is 1.25. The smallest absolute Gasteiger partial charge is 0.243 e. The van der Waals surface area contributed by atoms with Gasteiger partial charge in [0, 0.05) is 45.2 Å². The van der Waals surface area contributed by atoms with Crippen LogP contribution in [0.3, 0.4) is 0 Å². The fourth-order valence-electron chi connectivity index (χ4n) is 5.33. The van der Waals surface area contributed by atoms with E-state index in [9.17, 15) is 13.2 Å². The Morgan fingerprint density at radius 1 is 1.06 bits per heavy atom. The zero-order valence-electron chi connectivity index (χ0n) is 19.4. The molecule has 2 aliphatic heterocycles. The molecule has 2 unspecified atom stereocenters. The quantitative estimate of drug-likeness (QED) is 0.700. The third-order valence-electron chi connectivity index (χ3n) is 7.00. The SMILES string of the molecule is CC1CN(CCNC(=O)C2CCN(S(=O)(=O)c3ccc4c(c3)CCCC4)CC2)CC(C)O1. The molecule has 2 fully saturated rings. The number of sulfonamides is 1. The zero-order valence-corrected chi connectivity index (χ0v) is 20.2. The molecule has 178 valence electrons. The Labute approximate surface area is 192 Å². The monoisotopic (exact) mass is 463 g/mol. The number of morpholine rings is 1. The molecule has 0 spiro atoms. The lowest BCUT2D eigenvalue weighted by molar-refractivity contribution is -0.126. The number of hydrogen-bond acceptors (Lipinski definition) is 5. The molecule has 1 N–H and O–H groups in total. The number of aryl methyl sites for hydroxylation is 2. The Morgan fingerprint density at radius 3 is 2.41 bits per heavy atom. The van der Waals surface area contributed by atoms with Gasteiger partial charge in [-0.25, -0.2) is 8.42 Å². The Hall–Kier alpha value is -1.48. The first-order chi connectivity index (χ1) is 15.3. The summed E-state index contributed by atoms with van der Waals surface area (Å²) in [6.07, 6.45) is 5.89. The highest BCUT2D eigenvalue weighted by Gasteiger charge is 2.32. The number of rotatable bonds is 6. The summed E-state index contributed by atoms with van der Waals surface area (Å²) in [6, 6.07) is 5.61. The average Bonchev–Trinajstić information content (AvgIpc) is 2.78. The number of nitrogens with one attached hydrogen (secondary N) is 1. The number of nitrogens with zero attached hydrogens (tertiary/aromatic N) is 2. The second-order valence-electron chi connectivity index (χ2n) is 9.62. The van der Waals surface area contributed by atoms with Crippen molar-refractivity contribution in [3.8, 4) is 0 Å². The first-order valence-corrected chi connectivity index (χ1v) is 13.5. The second kappa shape index (κ2) is 10.2. The van der Waals surface area contributed by atoms with E-state index in [0.29, 0.717) is 37.4 Å². The van der Waals surface area contributed by atoms with Crippen LogP contribution in [0.1, 0.15) is 50.7 Å². The number of fused-ring (bicyclic) bond motifs is 1. The molecule has 1 aliphatic carbocycles. The van der Waals surface area contributed by atoms with Crippen molar-refractivity contribution >= 4 is 15.9 Å². The van der Waals surface area contributed by atoms with Crippen molar-refractivity contribution in [2.45, 2.75) is 69.5 Å². The van der Waals surface area contributed by atoms with Gasteiger partial charge in [-0.15, -0.1) is 0 Å². The van der Waals surface area contributed by atoms with Crippen LogP contribution in [-0.4, -0.2) is 75.0 Å². The van der Waals surface area contributed by atoms with Crippen LogP contribution in [0.15, 0.2) is 23.1 Å². The molecule has 2 heterocycles. The predicted octanol–water partition coefficient (Wildman–Crippen LogP) is 2.19.